The first kappa shape index (κ1) is 20.8. The van der Waals surface area contributed by atoms with Crippen molar-refractivity contribution in [2.75, 3.05) is 20.1 Å². The third-order valence-electron chi connectivity index (χ3n) is 3.42. The standard InChI is InChI=1S/C15H25N7S.HI/c1-5-12-9-18-14(23-12)7-8-17-15(16-6-2)21(3)10-13-19-11-20-22(13)4;/h9,11H,5-8,10H2,1-4H3,(H,16,17);1H. The minimum Gasteiger partial charge on any atom is -0.357 e. The molecular weight excluding hydrogens is 437 g/mol. The number of guanidine groups is 1. The van der Waals surface area contributed by atoms with E-state index in [0.717, 1.165) is 42.7 Å². The molecule has 0 saturated heterocycles. The minimum absolute atomic E-state index is 0. The summed E-state index contributed by atoms with van der Waals surface area (Å²) in [6.07, 6.45) is 5.46. The van der Waals surface area contributed by atoms with Crippen molar-refractivity contribution in [3.05, 3.63) is 28.2 Å². The van der Waals surface area contributed by atoms with Crippen LogP contribution in [0.15, 0.2) is 17.5 Å². The van der Waals surface area contributed by atoms with Crippen molar-refractivity contribution in [1.82, 2.24) is 30.0 Å². The van der Waals surface area contributed by atoms with E-state index in [-0.39, 0.29) is 24.0 Å². The summed E-state index contributed by atoms with van der Waals surface area (Å²) in [6.45, 7) is 6.45. The van der Waals surface area contributed by atoms with Crippen LogP contribution in [0.4, 0.5) is 0 Å². The Hall–Kier alpha value is -1.23. The van der Waals surface area contributed by atoms with Gasteiger partial charge in [-0.3, -0.25) is 9.67 Å². The monoisotopic (exact) mass is 463 g/mol. The Labute approximate surface area is 164 Å². The van der Waals surface area contributed by atoms with Crippen molar-refractivity contribution in [3.8, 4) is 0 Å². The normalized spacial score (nSPS) is 11.2. The van der Waals surface area contributed by atoms with Crippen molar-refractivity contribution in [2.24, 2.45) is 12.0 Å². The summed E-state index contributed by atoms with van der Waals surface area (Å²) in [6, 6.07) is 0. The maximum absolute atomic E-state index is 4.69. The van der Waals surface area contributed by atoms with Crippen LogP contribution in [0.2, 0.25) is 0 Å². The van der Waals surface area contributed by atoms with E-state index in [0.29, 0.717) is 6.54 Å². The van der Waals surface area contributed by atoms with E-state index in [9.17, 15) is 0 Å². The Morgan fingerprint density at radius 1 is 1.38 bits per heavy atom. The molecule has 134 valence electrons. The highest BCUT2D eigenvalue weighted by atomic mass is 127. The van der Waals surface area contributed by atoms with Crippen molar-refractivity contribution in [1.29, 1.82) is 0 Å². The Morgan fingerprint density at radius 2 is 2.17 bits per heavy atom. The van der Waals surface area contributed by atoms with E-state index in [1.807, 2.05) is 20.3 Å². The number of aliphatic imine (C=N–C) groups is 1. The molecule has 0 amide bonds. The molecule has 2 rings (SSSR count). The van der Waals surface area contributed by atoms with E-state index in [4.69, 9.17) is 4.99 Å². The van der Waals surface area contributed by atoms with Crippen LogP contribution in [0.25, 0.3) is 0 Å². The third kappa shape index (κ3) is 6.00. The average molecular weight is 463 g/mol. The Morgan fingerprint density at radius 3 is 2.75 bits per heavy atom. The lowest BCUT2D eigenvalue weighted by Crippen LogP contribution is -2.39. The molecule has 0 aliphatic rings. The summed E-state index contributed by atoms with van der Waals surface area (Å²) in [5.74, 6) is 1.79. The molecule has 2 heterocycles. The van der Waals surface area contributed by atoms with Crippen LogP contribution in [0.5, 0.6) is 0 Å². The molecule has 0 bridgehead atoms. The highest BCUT2D eigenvalue weighted by Gasteiger charge is 2.10. The van der Waals surface area contributed by atoms with Crippen molar-refractivity contribution < 1.29 is 0 Å². The zero-order valence-electron chi connectivity index (χ0n) is 14.7. The van der Waals surface area contributed by atoms with Gasteiger partial charge in [0.1, 0.15) is 12.2 Å². The molecule has 0 aliphatic heterocycles. The maximum atomic E-state index is 4.69. The van der Waals surface area contributed by atoms with Gasteiger partial charge < -0.3 is 10.2 Å². The number of rotatable bonds is 7. The lowest BCUT2D eigenvalue weighted by atomic mass is 10.4. The molecule has 24 heavy (non-hydrogen) atoms. The fourth-order valence-electron chi connectivity index (χ4n) is 2.10. The van der Waals surface area contributed by atoms with Gasteiger partial charge in [0.2, 0.25) is 0 Å². The van der Waals surface area contributed by atoms with Crippen LogP contribution in [0.3, 0.4) is 0 Å². The topological polar surface area (TPSA) is 71.2 Å². The molecule has 2 aromatic rings. The van der Waals surface area contributed by atoms with E-state index >= 15 is 0 Å². The van der Waals surface area contributed by atoms with Gasteiger partial charge in [0.05, 0.1) is 11.6 Å². The molecule has 0 radical (unpaired) electrons. The summed E-state index contributed by atoms with van der Waals surface area (Å²) in [5, 5.41) is 8.57. The molecule has 0 unspecified atom stereocenters. The van der Waals surface area contributed by atoms with Crippen LogP contribution in [-0.2, 0) is 26.4 Å². The first-order chi connectivity index (χ1) is 11.1. The number of hydrogen-bond acceptors (Lipinski definition) is 5. The Balaban J connectivity index is 0.00000288. The molecule has 0 fully saturated rings. The van der Waals surface area contributed by atoms with Gasteiger partial charge in [0, 0.05) is 44.7 Å². The van der Waals surface area contributed by atoms with Crippen molar-refractivity contribution in [2.45, 2.75) is 33.2 Å². The van der Waals surface area contributed by atoms with Crippen LogP contribution in [0, 0.1) is 0 Å². The first-order valence-corrected chi connectivity index (χ1v) is 8.71. The van der Waals surface area contributed by atoms with E-state index in [1.165, 1.54) is 4.88 Å². The summed E-state index contributed by atoms with van der Waals surface area (Å²) < 4.78 is 1.78. The number of aryl methyl sites for hydroxylation is 2. The summed E-state index contributed by atoms with van der Waals surface area (Å²) >= 11 is 1.78. The van der Waals surface area contributed by atoms with E-state index in [2.05, 4.69) is 39.1 Å². The fraction of sp³-hybridized carbons (Fsp3) is 0.600. The van der Waals surface area contributed by atoms with Gasteiger partial charge >= 0.3 is 0 Å². The quantitative estimate of drug-likeness (QED) is 0.387. The fourth-order valence-corrected chi connectivity index (χ4v) is 2.96. The van der Waals surface area contributed by atoms with Crippen molar-refractivity contribution >= 4 is 41.3 Å². The Bertz CT molecular complexity index is 637. The van der Waals surface area contributed by atoms with Gasteiger partial charge in [-0.2, -0.15) is 5.10 Å². The molecule has 2 aromatic heterocycles. The highest BCUT2D eigenvalue weighted by molar-refractivity contribution is 14.0. The molecule has 0 saturated carbocycles. The highest BCUT2D eigenvalue weighted by Crippen LogP contribution is 2.13. The lowest BCUT2D eigenvalue weighted by Gasteiger charge is -2.21. The number of halogens is 1. The predicted molar refractivity (Wildman–Crippen MR) is 109 cm³/mol. The zero-order valence-corrected chi connectivity index (χ0v) is 17.8. The second-order valence-electron chi connectivity index (χ2n) is 5.22. The SMILES string of the molecule is CCNC(=NCCc1ncc(CC)s1)N(C)Cc1ncnn1C.I. The number of aromatic nitrogens is 4. The number of nitrogens with one attached hydrogen (secondary N) is 1. The van der Waals surface area contributed by atoms with Gasteiger partial charge in [-0.05, 0) is 13.3 Å². The summed E-state index contributed by atoms with van der Waals surface area (Å²) in [4.78, 5) is 16.8. The smallest absolute Gasteiger partial charge is 0.194 e. The van der Waals surface area contributed by atoms with Gasteiger partial charge in [-0.15, -0.1) is 35.3 Å². The predicted octanol–water partition coefficient (Wildman–Crippen LogP) is 2.09. The molecule has 0 atom stereocenters. The third-order valence-corrected chi connectivity index (χ3v) is 4.62. The second kappa shape index (κ2) is 10.6. The molecule has 0 aromatic carbocycles. The number of nitrogens with zero attached hydrogens (tertiary/aromatic N) is 6. The van der Waals surface area contributed by atoms with Gasteiger partial charge in [-0.1, -0.05) is 6.92 Å². The van der Waals surface area contributed by atoms with Crippen molar-refractivity contribution in [3.63, 3.8) is 0 Å². The number of thiazole rings is 1. The molecule has 0 spiro atoms. The number of hydrogen-bond donors (Lipinski definition) is 1. The Kier molecular flexibility index (Phi) is 9.19. The molecular formula is C15H26IN7S. The average Bonchev–Trinajstić information content (AvgIpc) is 3.16. The molecule has 0 aliphatic carbocycles. The first-order valence-electron chi connectivity index (χ1n) is 7.89. The second-order valence-corrected chi connectivity index (χ2v) is 6.42. The van der Waals surface area contributed by atoms with Gasteiger partial charge in [-0.25, -0.2) is 9.97 Å². The van der Waals surface area contributed by atoms with Gasteiger partial charge in [0.15, 0.2) is 5.96 Å². The van der Waals surface area contributed by atoms with E-state index < -0.39 is 0 Å². The largest absolute Gasteiger partial charge is 0.357 e. The summed E-state index contributed by atoms with van der Waals surface area (Å²) in [5.41, 5.74) is 0. The molecule has 9 heteroatoms. The van der Waals surface area contributed by atoms with Gasteiger partial charge in [0.25, 0.3) is 0 Å². The lowest BCUT2D eigenvalue weighted by molar-refractivity contribution is 0.448. The van der Waals surface area contributed by atoms with Crippen LogP contribution in [-0.4, -0.2) is 50.7 Å². The summed E-state index contributed by atoms with van der Waals surface area (Å²) in [7, 11) is 3.91. The maximum Gasteiger partial charge on any atom is 0.194 e. The minimum atomic E-state index is 0. The van der Waals surface area contributed by atoms with Crippen LogP contribution in [0.1, 0.15) is 29.6 Å². The van der Waals surface area contributed by atoms with E-state index in [1.54, 1.807) is 22.3 Å². The molecule has 1 N–H and O–H groups in total. The zero-order chi connectivity index (χ0) is 16.7. The van der Waals surface area contributed by atoms with Crippen LogP contribution >= 0.6 is 35.3 Å². The molecule has 7 nitrogen and oxygen atoms in total. The van der Waals surface area contributed by atoms with Crippen LogP contribution < -0.4 is 5.32 Å².